The van der Waals surface area contributed by atoms with E-state index < -0.39 is 0 Å². The smallest absolute Gasteiger partial charge is 0.237 e. The van der Waals surface area contributed by atoms with E-state index in [0.717, 1.165) is 20.0 Å². The highest BCUT2D eigenvalue weighted by atomic mass is 32.2. The molecule has 0 unspecified atom stereocenters. The first-order valence-electron chi connectivity index (χ1n) is 6.26. The SMILES string of the molecule is COc1ccccc1-c1noc(CSc2nnc(SC)s2)n1. The van der Waals surface area contributed by atoms with Crippen LogP contribution in [-0.2, 0) is 5.75 Å². The number of para-hydroxylation sites is 1. The zero-order chi connectivity index (χ0) is 15.4. The predicted octanol–water partition coefficient (Wildman–Crippen LogP) is 3.61. The lowest BCUT2D eigenvalue weighted by molar-refractivity contribution is 0.390. The van der Waals surface area contributed by atoms with Crippen molar-refractivity contribution in [3.63, 3.8) is 0 Å². The number of hydrogen-bond donors (Lipinski definition) is 0. The number of methoxy groups -OCH3 is 1. The van der Waals surface area contributed by atoms with Crippen LogP contribution in [0, 0.1) is 0 Å². The van der Waals surface area contributed by atoms with Gasteiger partial charge in [-0.1, -0.05) is 52.1 Å². The van der Waals surface area contributed by atoms with Gasteiger partial charge in [0.2, 0.25) is 11.7 Å². The number of hydrogen-bond acceptors (Lipinski definition) is 9. The maximum Gasteiger partial charge on any atom is 0.237 e. The predicted molar refractivity (Wildman–Crippen MR) is 87.5 cm³/mol. The van der Waals surface area contributed by atoms with Gasteiger partial charge in [0, 0.05) is 0 Å². The van der Waals surface area contributed by atoms with E-state index in [1.165, 1.54) is 11.8 Å². The summed E-state index contributed by atoms with van der Waals surface area (Å²) >= 11 is 4.67. The van der Waals surface area contributed by atoms with Gasteiger partial charge in [0.25, 0.3) is 0 Å². The summed E-state index contributed by atoms with van der Waals surface area (Å²) in [6, 6.07) is 7.58. The Morgan fingerprint density at radius 3 is 2.82 bits per heavy atom. The number of nitrogens with zero attached hydrogens (tertiary/aromatic N) is 4. The lowest BCUT2D eigenvalue weighted by Crippen LogP contribution is -1.89. The van der Waals surface area contributed by atoms with Crippen molar-refractivity contribution in [1.29, 1.82) is 0 Å². The van der Waals surface area contributed by atoms with Gasteiger partial charge >= 0.3 is 0 Å². The van der Waals surface area contributed by atoms with Crippen molar-refractivity contribution in [2.24, 2.45) is 0 Å². The summed E-state index contributed by atoms with van der Waals surface area (Å²) in [6.45, 7) is 0. The summed E-state index contributed by atoms with van der Waals surface area (Å²) in [5, 5.41) is 12.2. The topological polar surface area (TPSA) is 73.9 Å². The fourth-order valence-corrected chi connectivity index (χ4v) is 3.99. The van der Waals surface area contributed by atoms with Crippen molar-refractivity contribution in [2.75, 3.05) is 13.4 Å². The average Bonchev–Trinajstić information content (AvgIpc) is 3.22. The molecule has 0 aliphatic carbocycles. The van der Waals surface area contributed by atoms with Crippen molar-refractivity contribution in [3.8, 4) is 17.1 Å². The second-order valence-electron chi connectivity index (χ2n) is 4.04. The molecule has 0 fully saturated rings. The molecule has 0 saturated carbocycles. The average molecular weight is 352 g/mol. The molecule has 3 rings (SSSR count). The molecule has 0 radical (unpaired) electrons. The van der Waals surface area contributed by atoms with Gasteiger partial charge in [-0.2, -0.15) is 4.98 Å². The molecule has 0 spiro atoms. The van der Waals surface area contributed by atoms with Crippen LogP contribution in [0.2, 0.25) is 0 Å². The monoisotopic (exact) mass is 352 g/mol. The van der Waals surface area contributed by atoms with Crippen LogP contribution in [0.15, 0.2) is 37.5 Å². The fraction of sp³-hybridized carbons (Fsp3) is 0.231. The molecule has 0 aliphatic heterocycles. The molecule has 0 bridgehead atoms. The van der Waals surface area contributed by atoms with E-state index in [9.17, 15) is 0 Å². The Hall–Kier alpha value is -1.58. The van der Waals surface area contributed by atoms with E-state index in [-0.39, 0.29) is 0 Å². The van der Waals surface area contributed by atoms with Crippen molar-refractivity contribution >= 4 is 34.9 Å². The molecule has 0 atom stereocenters. The van der Waals surface area contributed by atoms with Crippen molar-refractivity contribution in [2.45, 2.75) is 14.4 Å². The van der Waals surface area contributed by atoms with Gasteiger partial charge in [-0.25, -0.2) is 0 Å². The van der Waals surface area contributed by atoms with Crippen molar-refractivity contribution < 1.29 is 9.26 Å². The maximum absolute atomic E-state index is 5.31. The molecule has 0 amide bonds. The molecule has 0 saturated heterocycles. The Bertz CT molecular complexity index is 759. The minimum atomic E-state index is 0.523. The molecule has 0 N–H and O–H groups in total. The Morgan fingerprint density at radius 1 is 1.23 bits per heavy atom. The zero-order valence-electron chi connectivity index (χ0n) is 11.8. The van der Waals surface area contributed by atoms with Gasteiger partial charge in [0.1, 0.15) is 5.75 Å². The molecule has 9 heteroatoms. The van der Waals surface area contributed by atoms with E-state index in [1.807, 2.05) is 30.5 Å². The van der Waals surface area contributed by atoms with Gasteiger partial charge < -0.3 is 9.26 Å². The number of thioether (sulfide) groups is 2. The van der Waals surface area contributed by atoms with Crippen LogP contribution in [0.5, 0.6) is 5.75 Å². The highest BCUT2D eigenvalue weighted by Crippen LogP contribution is 2.31. The van der Waals surface area contributed by atoms with Gasteiger partial charge in [0.15, 0.2) is 8.68 Å². The van der Waals surface area contributed by atoms with E-state index >= 15 is 0 Å². The second kappa shape index (κ2) is 7.12. The molecule has 6 nitrogen and oxygen atoms in total. The van der Waals surface area contributed by atoms with Gasteiger partial charge in [-0.15, -0.1) is 10.2 Å². The van der Waals surface area contributed by atoms with Crippen molar-refractivity contribution in [1.82, 2.24) is 20.3 Å². The standard InChI is InChI=1S/C13H12N4O2S3/c1-18-9-6-4-3-5-8(9)11-14-10(19-17-11)7-21-13-16-15-12(20-2)22-13/h3-6H,7H2,1-2H3. The first-order valence-corrected chi connectivity index (χ1v) is 9.29. The minimum Gasteiger partial charge on any atom is -0.496 e. The second-order valence-corrected chi connectivity index (χ2v) is 7.29. The van der Waals surface area contributed by atoms with Crippen LogP contribution >= 0.6 is 34.9 Å². The fourth-order valence-electron chi connectivity index (χ4n) is 1.71. The van der Waals surface area contributed by atoms with Crippen LogP contribution in [0.3, 0.4) is 0 Å². The summed E-state index contributed by atoms with van der Waals surface area (Å²) in [4.78, 5) is 4.40. The summed E-state index contributed by atoms with van der Waals surface area (Å²) in [7, 11) is 1.62. The third-order valence-corrected chi connectivity index (χ3v) is 5.71. The number of aromatic nitrogens is 4. The van der Waals surface area contributed by atoms with E-state index in [0.29, 0.717) is 17.5 Å². The van der Waals surface area contributed by atoms with Crippen LogP contribution in [0.25, 0.3) is 11.4 Å². The summed E-state index contributed by atoms with van der Waals surface area (Å²) < 4.78 is 12.4. The summed E-state index contributed by atoms with van der Waals surface area (Å²) in [5.74, 6) is 2.35. The van der Waals surface area contributed by atoms with E-state index in [1.54, 1.807) is 30.2 Å². The molecule has 22 heavy (non-hydrogen) atoms. The molecule has 2 heterocycles. The highest BCUT2D eigenvalue weighted by molar-refractivity contribution is 8.02. The normalized spacial score (nSPS) is 10.8. The Labute approximate surface area is 139 Å². The minimum absolute atomic E-state index is 0.523. The quantitative estimate of drug-likeness (QED) is 0.623. The third-order valence-electron chi connectivity index (χ3n) is 2.70. The van der Waals surface area contributed by atoms with E-state index in [2.05, 4.69) is 20.3 Å². The zero-order valence-corrected chi connectivity index (χ0v) is 14.3. The molecular formula is C13H12N4O2S3. The van der Waals surface area contributed by atoms with Crippen LogP contribution < -0.4 is 4.74 Å². The lowest BCUT2D eigenvalue weighted by Gasteiger charge is -2.02. The van der Waals surface area contributed by atoms with Gasteiger partial charge in [0.05, 0.1) is 18.4 Å². The summed E-state index contributed by atoms with van der Waals surface area (Å²) in [6.07, 6.45) is 1.98. The Morgan fingerprint density at radius 2 is 2.05 bits per heavy atom. The van der Waals surface area contributed by atoms with Gasteiger partial charge in [-0.3, -0.25) is 0 Å². The van der Waals surface area contributed by atoms with Gasteiger partial charge in [-0.05, 0) is 18.4 Å². The molecule has 3 aromatic rings. The lowest BCUT2D eigenvalue weighted by atomic mass is 10.2. The molecule has 1 aromatic carbocycles. The first kappa shape index (κ1) is 15.3. The third kappa shape index (κ3) is 3.42. The molecule has 2 aromatic heterocycles. The molecule has 0 aliphatic rings. The largest absolute Gasteiger partial charge is 0.496 e. The number of rotatable bonds is 6. The highest BCUT2D eigenvalue weighted by Gasteiger charge is 2.13. The van der Waals surface area contributed by atoms with Crippen LogP contribution in [0.1, 0.15) is 5.89 Å². The maximum atomic E-state index is 5.31. The Kier molecular flexibility index (Phi) is 4.96. The molecule has 114 valence electrons. The van der Waals surface area contributed by atoms with Crippen LogP contribution in [-0.4, -0.2) is 33.7 Å². The van der Waals surface area contributed by atoms with Crippen LogP contribution in [0.4, 0.5) is 0 Å². The summed E-state index contributed by atoms with van der Waals surface area (Å²) in [5.41, 5.74) is 0.811. The first-order chi connectivity index (χ1) is 10.8. The Balaban J connectivity index is 1.71. The van der Waals surface area contributed by atoms with E-state index in [4.69, 9.17) is 9.26 Å². The molecular weight excluding hydrogens is 340 g/mol. The van der Waals surface area contributed by atoms with Crippen molar-refractivity contribution in [3.05, 3.63) is 30.2 Å². The number of ether oxygens (including phenoxy) is 1. The number of benzene rings is 1.